The molecule has 0 aromatic carbocycles. The third kappa shape index (κ3) is 51.3. The van der Waals surface area contributed by atoms with Crippen LogP contribution in [0.2, 0.25) is 0 Å². The monoisotopic (exact) mass is 917 g/mol. The van der Waals surface area contributed by atoms with Crippen LogP contribution in [0.4, 0.5) is 0 Å². The maximum absolute atomic E-state index is 12.8. The van der Waals surface area contributed by atoms with Crippen molar-refractivity contribution in [3.8, 4) is 0 Å². The van der Waals surface area contributed by atoms with E-state index in [4.69, 9.17) is 14.2 Å². The van der Waals surface area contributed by atoms with Crippen molar-refractivity contribution in [2.45, 2.75) is 252 Å². The lowest BCUT2D eigenvalue weighted by molar-refractivity contribution is -0.167. The lowest BCUT2D eigenvalue weighted by atomic mass is 10.1. The lowest BCUT2D eigenvalue weighted by Gasteiger charge is -2.18. The number of allylic oxidation sites excluding steroid dienone is 16. The summed E-state index contributed by atoms with van der Waals surface area (Å²) >= 11 is 0. The highest BCUT2D eigenvalue weighted by Gasteiger charge is 2.19. The molecule has 0 aliphatic heterocycles. The second-order valence-electron chi connectivity index (χ2n) is 17.7. The van der Waals surface area contributed by atoms with E-state index in [-0.39, 0.29) is 31.1 Å². The first kappa shape index (κ1) is 62.3. The Hall–Kier alpha value is -3.67. The molecule has 0 bridgehead atoms. The van der Waals surface area contributed by atoms with E-state index < -0.39 is 6.10 Å². The van der Waals surface area contributed by atoms with Gasteiger partial charge in [0.1, 0.15) is 13.2 Å². The van der Waals surface area contributed by atoms with Crippen molar-refractivity contribution in [3.63, 3.8) is 0 Å². The molecule has 0 aromatic heterocycles. The highest BCUT2D eigenvalue weighted by Crippen LogP contribution is 2.13. The highest BCUT2D eigenvalue weighted by molar-refractivity contribution is 5.71. The van der Waals surface area contributed by atoms with Crippen LogP contribution >= 0.6 is 0 Å². The zero-order valence-electron chi connectivity index (χ0n) is 42.9. The smallest absolute Gasteiger partial charge is 0.306 e. The number of ether oxygens (including phenoxy) is 3. The van der Waals surface area contributed by atoms with Crippen molar-refractivity contribution in [3.05, 3.63) is 97.2 Å². The molecule has 0 heterocycles. The Kier molecular flexibility index (Phi) is 50.9. The Morgan fingerprint density at radius 1 is 0.318 bits per heavy atom. The van der Waals surface area contributed by atoms with E-state index in [0.717, 1.165) is 135 Å². The molecule has 6 heteroatoms. The second-order valence-corrected chi connectivity index (χ2v) is 17.7. The lowest BCUT2D eigenvalue weighted by Crippen LogP contribution is -2.30. The first-order chi connectivity index (χ1) is 32.5. The summed E-state index contributed by atoms with van der Waals surface area (Å²) in [6.07, 6.45) is 71.1. The summed E-state index contributed by atoms with van der Waals surface area (Å²) in [6, 6.07) is 0. The van der Waals surface area contributed by atoms with Gasteiger partial charge in [0.2, 0.25) is 0 Å². The molecule has 6 nitrogen and oxygen atoms in total. The first-order valence-corrected chi connectivity index (χ1v) is 27.2. The zero-order chi connectivity index (χ0) is 47.9. The van der Waals surface area contributed by atoms with E-state index >= 15 is 0 Å². The summed E-state index contributed by atoms with van der Waals surface area (Å²) in [6.45, 7) is 6.43. The van der Waals surface area contributed by atoms with Crippen LogP contribution in [0.1, 0.15) is 245 Å². The molecule has 0 aromatic rings. The molecule has 376 valence electrons. The Balaban J connectivity index is 4.40. The summed E-state index contributed by atoms with van der Waals surface area (Å²) in [4.78, 5) is 38.0. The Morgan fingerprint density at radius 3 is 0.985 bits per heavy atom. The van der Waals surface area contributed by atoms with Gasteiger partial charge >= 0.3 is 17.9 Å². The van der Waals surface area contributed by atoms with Crippen molar-refractivity contribution in [1.82, 2.24) is 0 Å². The molecule has 0 aliphatic rings. The van der Waals surface area contributed by atoms with Crippen LogP contribution in [-0.4, -0.2) is 37.2 Å². The van der Waals surface area contributed by atoms with Crippen LogP contribution in [0.15, 0.2) is 97.2 Å². The summed E-state index contributed by atoms with van der Waals surface area (Å²) in [5, 5.41) is 0. The molecule has 1 unspecified atom stereocenters. The van der Waals surface area contributed by atoms with E-state index in [2.05, 4.69) is 118 Å². The summed E-state index contributed by atoms with van der Waals surface area (Å²) in [5.41, 5.74) is 0. The molecule has 0 saturated carbocycles. The van der Waals surface area contributed by atoms with E-state index in [0.29, 0.717) is 19.3 Å². The van der Waals surface area contributed by atoms with Gasteiger partial charge in [-0.25, -0.2) is 0 Å². The minimum absolute atomic E-state index is 0.0942. The maximum atomic E-state index is 12.8. The van der Waals surface area contributed by atoms with Crippen LogP contribution < -0.4 is 0 Å². The van der Waals surface area contributed by atoms with Gasteiger partial charge in [-0.15, -0.1) is 0 Å². The topological polar surface area (TPSA) is 78.9 Å². The van der Waals surface area contributed by atoms with E-state index in [9.17, 15) is 14.4 Å². The van der Waals surface area contributed by atoms with Gasteiger partial charge < -0.3 is 14.2 Å². The molecule has 1 atom stereocenters. The Morgan fingerprint density at radius 2 is 0.606 bits per heavy atom. The minimum atomic E-state index is -0.796. The number of hydrogen-bond acceptors (Lipinski definition) is 6. The van der Waals surface area contributed by atoms with Crippen molar-refractivity contribution in [2.75, 3.05) is 13.2 Å². The minimum Gasteiger partial charge on any atom is -0.462 e. The number of hydrogen-bond donors (Lipinski definition) is 0. The number of unbranched alkanes of at least 4 members (excludes halogenated alkanes) is 21. The van der Waals surface area contributed by atoms with Crippen molar-refractivity contribution < 1.29 is 28.6 Å². The maximum Gasteiger partial charge on any atom is 0.306 e. The fourth-order valence-electron chi connectivity index (χ4n) is 7.18. The van der Waals surface area contributed by atoms with Gasteiger partial charge in [-0.3, -0.25) is 14.4 Å². The van der Waals surface area contributed by atoms with E-state index in [1.165, 1.54) is 70.6 Å². The van der Waals surface area contributed by atoms with Gasteiger partial charge in [-0.05, 0) is 116 Å². The molecule has 0 amide bonds. The highest BCUT2D eigenvalue weighted by atomic mass is 16.6. The largest absolute Gasteiger partial charge is 0.462 e. The molecule has 0 radical (unpaired) electrons. The molecule has 66 heavy (non-hydrogen) atoms. The molecule has 0 spiro atoms. The molecular weight excluding hydrogens is 817 g/mol. The molecule has 0 rings (SSSR count). The van der Waals surface area contributed by atoms with Crippen molar-refractivity contribution in [1.29, 1.82) is 0 Å². The van der Waals surface area contributed by atoms with E-state index in [1.807, 2.05) is 0 Å². The first-order valence-electron chi connectivity index (χ1n) is 27.2. The van der Waals surface area contributed by atoms with Gasteiger partial charge in [0.25, 0.3) is 0 Å². The van der Waals surface area contributed by atoms with Gasteiger partial charge in [0, 0.05) is 19.3 Å². The number of rotatable bonds is 48. The van der Waals surface area contributed by atoms with Crippen LogP contribution in [0.3, 0.4) is 0 Å². The quantitative estimate of drug-likeness (QED) is 0.0262. The molecule has 0 N–H and O–H groups in total. The fraction of sp³-hybridized carbons (Fsp3) is 0.683. The van der Waals surface area contributed by atoms with Gasteiger partial charge in [-0.2, -0.15) is 0 Å². The van der Waals surface area contributed by atoms with Gasteiger partial charge in [0.15, 0.2) is 6.10 Å². The molecule has 0 fully saturated rings. The van der Waals surface area contributed by atoms with Crippen LogP contribution in [-0.2, 0) is 28.6 Å². The summed E-state index contributed by atoms with van der Waals surface area (Å²) in [5.74, 6) is -0.939. The standard InChI is InChI=1S/C60H100O6/c1-4-7-10-13-16-19-22-24-26-27-28-29-30-31-32-33-34-36-38-41-44-47-50-53-59(62)65-56-57(55-64-58(61)52-49-46-43-40-37-21-18-15-12-9-6-3)66-60(63)54-51-48-45-42-39-35-25-23-20-17-14-11-8-5-2/h7,10,15-16,18-19,23-26,28-29,31-32,34,36,57H,4-6,8-9,11-14,17,20-22,27,30,33,35,37-56H2,1-3H3/b10-7-,18-15-,19-16-,25-23-,26-24-,29-28-,32-31-,36-34-. The van der Waals surface area contributed by atoms with Gasteiger partial charge in [0.05, 0.1) is 0 Å². The molecule has 0 aliphatic carbocycles. The predicted molar refractivity (Wildman–Crippen MR) is 284 cm³/mol. The van der Waals surface area contributed by atoms with Crippen LogP contribution in [0, 0.1) is 0 Å². The number of carbonyl (C=O) groups is 3. The normalized spacial score (nSPS) is 12.8. The van der Waals surface area contributed by atoms with Crippen molar-refractivity contribution >= 4 is 17.9 Å². The average molecular weight is 917 g/mol. The third-order valence-electron chi connectivity index (χ3n) is 11.3. The van der Waals surface area contributed by atoms with Crippen LogP contribution in [0.5, 0.6) is 0 Å². The number of esters is 3. The second kappa shape index (κ2) is 53.9. The third-order valence-corrected chi connectivity index (χ3v) is 11.3. The zero-order valence-corrected chi connectivity index (χ0v) is 42.9. The predicted octanol–water partition coefficient (Wildman–Crippen LogP) is 18.1. The Bertz CT molecular complexity index is 1330. The SMILES string of the molecule is CC/C=C\C/C=C\C/C=C\C/C=C\C/C=C\C/C=C\CCCCCCC(=O)OCC(COC(=O)CCCCCCC/C=C\CCCC)OC(=O)CCCCCCC/C=C\CCCCCCC. The van der Waals surface area contributed by atoms with Gasteiger partial charge in [-0.1, -0.05) is 208 Å². The molecular formula is C60H100O6. The average Bonchev–Trinajstić information content (AvgIpc) is 3.31. The van der Waals surface area contributed by atoms with Crippen molar-refractivity contribution in [2.24, 2.45) is 0 Å². The molecule has 0 saturated heterocycles. The number of carbonyl (C=O) groups excluding carboxylic acids is 3. The Labute approximate surface area is 407 Å². The summed E-state index contributed by atoms with van der Waals surface area (Å²) in [7, 11) is 0. The van der Waals surface area contributed by atoms with E-state index in [1.54, 1.807) is 0 Å². The van der Waals surface area contributed by atoms with Crippen LogP contribution in [0.25, 0.3) is 0 Å². The fourth-order valence-corrected chi connectivity index (χ4v) is 7.18. The summed E-state index contributed by atoms with van der Waals surface area (Å²) < 4.78 is 16.8.